The number of ether oxygens (including phenoxy) is 1. The first-order valence-electron chi connectivity index (χ1n) is 8.38. The summed E-state index contributed by atoms with van der Waals surface area (Å²) in [7, 11) is 1.67. The Balaban J connectivity index is 2.20. The van der Waals surface area contributed by atoms with Crippen molar-refractivity contribution in [1.82, 2.24) is 5.32 Å². The number of rotatable bonds is 8. The molecule has 0 spiro atoms. The van der Waals surface area contributed by atoms with Gasteiger partial charge >= 0.3 is 0 Å². The van der Waals surface area contributed by atoms with Gasteiger partial charge in [0.2, 0.25) is 0 Å². The van der Waals surface area contributed by atoms with E-state index >= 15 is 0 Å². The van der Waals surface area contributed by atoms with Gasteiger partial charge in [-0.3, -0.25) is 4.79 Å². The fraction of sp³-hybridized carbons (Fsp3) is 0.286. The molecule has 1 amide bonds. The molecule has 2 aromatic rings. The van der Waals surface area contributed by atoms with Crippen LogP contribution in [0, 0.1) is 6.92 Å². The average Bonchev–Trinajstić information content (AvgIpc) is 2.64. The summed E-state index contributed by atoms with van der Waals surface area (Å²) < 4.78 is 5.32. The molecule has 0 aliphatic carbocycles. The average molecular weight is 356 g/mol. The second-order valence-corrected chi connectivity index (χ2v) is 6.82. The van der Waals surface area contributed by atoms with Gasteiger partial charge < -0.3 is 10.1 Å². The summed E-state index contributed by atoms with van der Waals surface area (Å²) >= 11 is 1.62. The number of carbonyl (C=O) groups is 1. The van der Waals surface area contributed by atoms with E-state index in [-0.39, 0.29) is 11.9 Å². The first-order chi connectivity index (χ1) is 12.1. The first kappa shape index (κ1) is 19.1. The number of aryl methyl sites for hydroxylation is 1. The molecule has 4 heteroatoms. The SMILES string of the molecule is C=CCSc1ccccc1C(=O)N[C@H](CC)c1ccc(OC)c(C)c1. The van der Waals surface area contributed by atoms with Crippen LogP contribution < -0.4 is 10.1 Å². The smallest absolute Gasteiger partial charge is 0.252 e. The van der Waals surface area contributed by atoms with Gasteiger partial charge in [0.25, 0.3) is 5.91 Å². The number of benzene rings is 2. The Morgan fingerprint density at radius 1 is 1.32 bits per heavy atom. The van der Waals surface area contributed by atoms with Crippen molar-refractivity contribution in [3.05, 3.63) is 71.8 Å². The Morgan fingerprint density at radius 3 is 2.72 bits per heavy atom. The molecule has 0 fully saturated rings. The number of amides is 1. The fourth-order valence-corrected chi connectivity index (χ4v) is 3.49. The maximum Gasteiger partial charge on any atom is 0.252 e. The van der Waals surface area contributed by atoms with Crippen LogP contribution in [0.25, 0.3) is 0 Å². The van der Waals surface area contributed by atoms with Crippen molar-refractivity contribution in [3.63, 3.8) is 0 Å². The Labute approximate surface area is 154 Å². The zero-order chi connectivity index (χ0) is 18.2. The molecule has 0 saturated carbocycles. The molecule has 1 atom stereocenters. The zero-order valence-electron chi connectivity index (χ0n) is 15.0. The zero-order valence-corrected chi connectivity index (χ0v) is 15.9. The van der Waals surface area contributed by atoms with Gasteiger partial charge in [-0.1, -0.05) is 37.3 Å². The molecule has 0 aliphatic heterocycles. The summed E-state index contributed by atoms with van der Waals surface area (Å²) in [6, 6.07) is 13.7. The second kappa shape index (κ2) is 9.33. The molecule has 0 aromatic heterocycles. The molecule has 2 rings (SSSR count). The van der Waals surface area contributed by atoms with Crippen molar-refractivity contribution < 1.29 is 9.53 Å². The standard InChI is InChI=1S/C21H25NO2S/c1-5-13-25-20-10-8-7-9-17(20)21(23)22-18(6-2)16-11-12-19(24-4)15(3)14-16/h5,7-12,14,18H,1,6,13H2,2-4H3,(H,22,23)/t18-/m1/s1. The molecule has 132 valence electrons. The Kier molecular flexibility index (Phi) is 7.14. The number of hydrogen-bond donors (Lipinski definition) is 1. The fourth-order valence-electron chi connectivity index (χ4n) is 2.70. The van der Waals surface area contributed by atoms with Crippen LogP contribution in [0.1, 0.15) is 40.9 Å². The van der Waals surface area contributed by atoms with Crippen LogP contribution >= 0.6 is 11.8 Å². The largest absolute Gasteiger partial charge is 0.496 e. The molecule has 0 heterocycles. The van der Waals surface area contributed by atoms with E-state index in [9.17, 15) is 4.79 Å². The summed E-state index contributed by atoms with van der Waals surface area (Å²) in [4.78, 5) is 13.8. The first-order valence-corrected chi connectivity index (χ1v) is 9.37. The molecule has 0 bridgehead atoms. The number of thioether (sulfide) groups is 1. The normalized spacial score (nSPS) is 11.6. The maximum absolute atomic E-state index is 12.8. The number of nitrogens with one attached hydrogen (secondary N) is 1. The van der Waals surface area contributed by atoms with Gasteiger partial charge in [-0.15, -0.1) is 18.3 Å². The molecule has 0 unspecified atom stereocenters. The van der Waals surface area contributed by atoms with E-state index in [0.717, 1.165) is 33.9 Å². The van der Waals surface area contributed by atoms with Crippen LogP contribution in [0.2, 0.25) is 0 Å². The van der Waals surface area contributed by atoms with Crippen LogP contribution in [0.3, 0.4) is 0 Å². The van der Waals surface area contributed by atoms with Gasteiger partial charge in [0.1, 0.15) is 5.75 Å². The van der Waals surface area contributed by atoms with E-state index in [2.05, 4.69) is 24.9 Å². The van der Waals surface area contributed by atoms with Crippen molar-refractivity contribution in [2.24, 2.45) is 0 Å². The molecular weight excluding hydrogens is 330 g/mol. The summed E-state index contributed by atoms with van der Waals surface area (Å²) in [6.07, 6.45) is 2.66. The molecular formula is C21H25NO2S. The summed E-state index contributed by atoms with van der Waals surface area (Å²) in [5, 5.41) is 3.16. The van der Waals surface area contributed by atoms with E-state index in [0.29, 0.717) is 5.56 Å². The lowest BCUT2D eigenvalue weighted by atomic mass is 10.0. The van der Waals surface area contributed by atoms with E-state index in [1.165, 1.54) is 0 Å². The highest BCUT2D eigenvalue weighted by Crippen LogP contribution is 2.26. The van der Waals surface area contributed by atoms with Gasteiger partial charge in [-0.25, -0.2) is 0 Å². The van der Waals surface area contributed by atoms with Crippen LogP contribution in [0.4, 0.5) is 0 Å². The molecule has 25 heavy (non-hydrogen) atoms. The molecule has 0 saturated heterocycles. The Bertz CT molecular complexity index is 742. The van der Waals surface area contributed by atoms with Gasteiger partial charge in [0.05, 0.1) is 18.7 Å². The van der Waals surface area contributed by atoms with E-state index in [1.807, 2.05) is 49.4 Å². The number of methoxy groups -OCH3 is 1. The third-order valence-corrected chi connectivity index (χ3v) is 5.09. The lowest BCUT2D eigenvalue weighted by molar-refractivity contribution is 0.0932. The van der Waals surface area contributed by atoms with Crippen molar-refractivity contribution in [2.45, 2.75) is 31.2 Å². The van der Waals surface area contributed by atoms with Crippen molar-refractivity contribution in [2.75, 3.05) is 12.9 Å². The molecule has 3 nitrogen and oxygen atoms in total. The maximum atomic E-state index is 12.8. The predicted molar refractivity (Wildman–Crippen MR) is 106 cm³/mol. The molecule has 2 aromatic carbocycles. The predicted octanol–water partition coefficient (Wildman–Crippen LogP) is 5.16. The third kappa shape index (κ3) is 4.89. The van der Waals surface area contributed by atoms with Crippen LogP contribution in [0.15, 0.2) is 60.0 Å². The molecule has 0 radical (unpaired) electrons. The summed E-state index contributed by atoms with van der Waals surface area (Å²) in [6.45, 7) is 7.83. The number of hydrogen-bond acceptors (Lipinski definition) is 3. The van der Waals surface area contributed by atoms with Gasteiger partial charge in [0.15, 0.2) is 0 Å². The highest BCUT2D eigenvalue weighted by atomic mass is 32.2. The van der Waals surface area contributed by atoms with Gasteiger partial charge in [-0.05, 0) is 42.7 Å². The second-order valence-electron chi connectivity index (χ2n) is 5.76. The topological polar surface area (TPSA) is 38.3 Å². The summed E-state index contributed by atoms with van der Waals surface area (Å²) in [5.74, 6) is 1.59. The lowest BCUT2D eigenvalue weighted by Gasteiger charge is -2.19. The van der Waals surface area contributed by atoms with Crippen molar-refractivity contribution in [1.29, 1.82) is 0 Å². The molecule has 0 aliphatic rings. The quantitative estimate of drug-likeness (QED) is 0.525. The minimum atomic E-state index is -0.0486. The highest BCUT2D eigenvalue weighted by molar-refractivity contribution is 7.99. The summed E-state index contributed by atoms with van der Waals surface area (Å²) in [5.41, 5.74) is 2.86. The number of carbonyl (C=O) groups excluding carboxylic acids is 1. The monoisotopic (exact) mass is 355 g/mol. The Morgan fingerprint density at radius 2 is 2.08 bits per heavy atom. The lowest BCUT2D eigenvalue weighted by Crippen LogP contribution is -2.28. The van der Waals surface area contributed by atoms with E-state index in [1.54, 1.807) is 18.9 Å². The van der Waals surface area contributed by atoms with E-state index in [4.69, 9.17) is 4.74 Å². The van der Waals surface area contributed by atoms with Gasteiger partial charge in [0, 0.05) is 10.6 Å². The van der Waals surface area contributed by atoms with E-state index < -0.39 is 0 Å². The minimum absolute atomic E-state index is 0.0328. The van der Waals surface area contributed by atoms with Crippen molar-refractivity contribution in [3.8, 4) is 5.75 Å². The highest BCUT2D eigenvalue weighted by Gasteiger charge is 2.17. The van der Waals surface area contributed by atoms with Gasteiger partial charge in [-0.2, -0.15) is 0 Å². The minimum Gasteiger partial charge on any atom is -0.496 e. The third-order valence-electron chi connectivity index (χ3n) is 4.02. The Hall–Kier alpha value is -2.20. The van der Waals surface area contributed by atoms with Crippen molar-refractivity contribution >= 4 is 17.7 Å². The van der Waals surface area contributed by atoms with Crippen LogP contribution in [-0.2, 0) is 0 Å². The molecule has 1 N–H and O–H groups in total. The van der Waals surface area contributed by atoms with Crippen LogP contribution in [0.5, 0.6) is 5.75 Å². The van der Waals surface area contributed by atoms with Crippen LogP contribution in [-0.4, -0.2) is 18.8 Å².